The van der Waals surface area contributed by atoms with Crippen molar-refractivity contribution in [3.63, 3.8) is 0 Å². The summed E-state index contributed by atoms with van der Waals surface area (Å²) in [6.07, 6.45) is 4.63. The van der Waals surface area contributed by atoms with Crippen LogP contribution >= 0.6 is 0 Å². The largest absolute Gasteiger partial charge is 0.396 e. The number of hydrogen-bond donors (Lipinski definition) is 2. The van der Waals surface area contributed by atoms with Crippen molar-refractivity contribution in [1.82, 2.24) is 10.3 Å². The van der Waals surface area contributed by atoms with Gasteiger partial charge in [0.15, 0.2) is 0 Å². The molecule has 0 unspecified atom stereocenters. The molecule has 0 saturated carbocycles. The van der Waals surface area contributed by atoms with Crippen LogP contribution in [0.15, 0.2) is 48.8 Å². The van der Waals surface area contributed by atoms with Gasteiger partial charge >= 0.3 is 0 Å². The minimum absolute atomic E-state index is 0.105. The Morgan fingerprint density at radius 2 is 2.05 bits per heavy atom. The summed E-state index contributed by atoms with van der Waals surface area (Å²) in [5, 5.41) is 12.0. The summed E-state index contributed by atoms with van der Waals surface area (Å²) in [6.45, 7) is 2.02. The summed E-state index contributed by atoms with van der Waals surface area (Å²) in [5.41, 5.74) is 2.55. The van der Waals surface area contributed by atoms with E-state index in [1.807, 2.05) is 43.3 Å². The lowest BCUT2D eigenvalue weighted by molar-refractivity contribution is 0.0932. The Kier molecular flexibility index (Phi) is 5.46. The number of benzene rings is 1. The van der Waals surface area contributed by atoms with E-state index in [-0.39, 0.29) is 18.6 Å². The molecule has 1 atom stereocenters. The molecule has 0 fully saturated rings. The lowest BCUT2D eigenvalue weighted by atomic mass is 10.0. The van der Waals surface area contributed by atoms with Crippen LogP contribution in [0.1, 0.15) is 40.4 Å². The van der Waals surface area contributed by atoms with Crippen molar-refractivity contribution < 1.29 is 9.90 Å². The van der Waals surface area contributed by atoms with Crippen molar-refractivity contribution in [2.24, 2.45) is 0 Å². The lowest BCUT2D eigenvalue weighted by Crippen LogP contribution is -2.29. The zero-order valence-electron chi connectivity index (χ0n) is 12.1. The molecule has 1 aromatic heterocycles. The SMILES string of the molecule is Cc1cncc(C(=O)N[C@@H](CCCO)c2ccccc2)c1. The van der Waals surface area contributed by atoms with Gasteiger partial charge in [0.2, 0.25) is 0 Å². The number of aliphatic hydroxyl groups is 1. The molecule has 2 aromatic rings. The van der Waals surface area contributed by atoms with E-state index in [0.717, 1.165) is 11.1 Å². The van der Waals surface area contributed by atoms with Crippen molar-refractivity contribution in [2.45, 2.75) is 25.8 Å². The van der Waals surface area contributed by atoms with E-state index in [1.54, 1.807) is 12.4 Å². The second-order valence-electron chi connectivity index (χ2n) is 5.05. The molecule has 1 heterocycles. The molecule has 1 aromatic carbocycles. The van der Waals surface area contributed by atoms with Gasteiger partial charge in [0, 0.05) is 19.0 Å². The number of amides is 1. The molecule has 2 rings (SSSR count). The molecule has 4 heteroatoms. The number of hydrogen-bond acceptors (Lipinski definition) is 3. The van der Waals surface area contributed by atoms with E-state index in [4.69, 9.17) is 5.11 Å². The van der Waals surface area contributed by atoms with Gasteiger partial charge in [-0.1, -0.05) is 30.3 Å². The highest BCUT2D eigenvalue weighted by Crippen LogP contribution is 2.19. The summed E-state index contributed by atoms with van der Waals surface area (Å²) < 4.78 is 0. The number of aromatic nitrogens is 1. The number of pyridine rings is 1. The van der Waals surface area contributed by atoms with Gasteiger partial charge in [-0.3, -0.25) is 9.78 Å². The molecule has 2 N–H and O–H groups in total. The van der Waals surface area contributed by atoms with E-state index in [9.17, 15) is 4.79 Å². The van der Waals surface area contributed by atoms with Gasteiger partial charge in [0.1, 0.15) is 0 Å². The monoisotopic (exact) mass is 284 g/mol. The number of carbonyl (C=O) groups excluding carboxylic acids is 1. The van der Waals surface area contributed by atoms with Crippen LogP contribution in [0.4, 0.5) is 0 Å². The fourth-order valence-corrected chi connectivity index (χ4v) is 2.22. The van der Waals surface area contributed by atoms with Crippen molar-refractivity contribution in [3.8, 4) is 0 Å². The third-order valence-corrected chi connectivity index (χ3v) is 3.30. The third-order valence-electron chi connectivity index (χ3n) is 3.30. The topological polar surface area (TPSA) is 62.2 Å². The van der Waals surface area contributed by atoms with Crippen LogP contribution in [-0.2, 0) is 0 Å². The molecule has 0 bridgehead atoms. The maximum Gasteiger partial charge on any atom is 0.253 e. The summed E-state index contributed by atoms with van der Waals surface area (Å²) in [5.74, 6) is -0.141. The van der Waals surface area contributed by atoms with Gasteiger partial charge in [0.25, 0.3) is 5.91 Å². The minimum Gasteiger partial charge on any atom is -0.396 e. The molecule has 4 nitrogen and oxygen atoms in total. The summed E-state index contributed by atoms with van der Waals surface area (Å²) in [4.78, 5) is 16.4. The number of nitrogens with one attached hydrogen (secondary N) is 1. The molecular weight excluding hydrogens is 264 g/mol. The first-order valence-electron chi connectivity index (χ1n) is 7.09. The molecule has 21 heavy (non-hydrogen) atoms. The predicted molar refractivity (Wildman–Crippen MR) is 81.9 cm³/mol. The van der Waals surface area contributed by atoms with Gasteiger partial charge < -0.3 is 10.4 Å². The highest BCUT2D eigenvalue weighted by molar-refractivity contribution is 5.94. The molecule has 0 spiro atoms. The standard InChI is InChI=1S/C17H20N2O2/c1-13-10-15(12-18-11-13)17(21)19-16(8-5-9-20)14-6-3-2-4-7-14/h2-4,6-7,10-12,16,20H,5,8-9H2,1H3,(H,19,21)/t16-/m0/s1. The fourth-order valence-electron chi connectivity index (χ4n) is 2.22. The van der Waals surface area contributed by atoms with Gasteiger partial charge in [-0.15, -0.1) is 0 Å². The maximum atomic E-state index is 12.3. The molecule has 0 aliphatic rings. The van der Waals surface area contributed by atoms with Gasteiger partial charge in [0.05, 0.1) is 11.6 Å². The Bertz CT molecular complexity index is 584. The van der Waals surface area contributed by atoms with Crippen molar-refractivity contribution >= 4 is 5.91 Å². The smallest absolute Gasteiger partial charge is 0.253 e. The normalized spacial score (nSPS) is 11.9. The number of nitrogens with zero attached hydrogens (tertiary/aromatic N) is 1. The zero-order chi connectivity index (χ0) is 15.1. The Hall–Kier alpha value is -2.20. The number of aryl methyl sites for hydroxylation is 1. The van der Waals surface area contributed by atoms with Gasteiger partial charge in [-0.25, -0.2) is 0 Å². The Labute approximate surface area is 124 Å². The van der Waals surface area contributed by atoms with Gasteiger partial charge in [-0.2, -0.15) is 0 Å². The van der Waals surface area contributed by atoms with E-state index in [1.165, 1.54) is 0 Å². The maximum absolute atomic E-state index is 12.3. The van der Waals surface area contributed by atoms with Crippen LogP contribution in [0.3, 0.4) is 0 Å². The number of aliphatic hydroxyl groups excluding tert-OH is 1. The minimum atomic E-state index is -0.141. The molecule has 0 aliphatic heterocycles. The lowest BCUT2D eigenvalue weighted by Gasteiger charge is -2.19. The molecular formula is C17H20N2O2. The van der Waals surface area contributed by atoms with E-state index >= 15 is 0 Å². The molecule has 0 radical (unpaired) electrons. The van der Waals surface area contributed by atoms with E-state index in [0.29, 0.717) is 18.4 Å². The zero-order valence-corrected chi connectivity index (χ0v) is 12.1. The first-order valence-corrected chi connectivity index (χ1v) is 7.09. The van der Waals surface area contributed by atoms with Crippen LogP contribution in [-0.4, -0.2) is 22.6 Å². The van der Waals surface area contributed by atoms with Crippen LogP contribution in [0.2, 0.25) is 0 Å². The molecule has 0 aliphatic carbocycles. The molecule has 1 amide bonds. The summed E-state index contributed by atoms with van der Waals surface area (Å²) >= 11 is 0. The Morgan fingerprint density at radius 3 is 2.71 bits per heavy atom. The Balaban J connectivity index is 2.13. The van der Waals surface area contributed by atoms with E-state index < -0.39 is 0 Å². The van der Waals surface area contributed by atoms with Crippen molar-refractivity contribution in [3.05, 3.63) is 65.5 Å². The number of rotatable bonds is 6. The molecule has 110 valence electrons. The highest BCUT2D eigenvalue weighted by Gasteiger charge is 2.15. The second-order valence-corrected chi connectivity index (χ2v) is 5.05. The summed E-state index contributed by atoms with van der Waals surface area (Å²) in [6, 6.07) is 11.5. The molecule has 0 saturated heterocycles. The van der Waals surface area contributed by atoms with Crippen molar-refractivity contribution in [2.75, 3.05) is 6.61 Å². The average Bonchev–Trinajstić information content (AvgIpc) is 2.52. The quantitative estimate of drug-likeness (QED) is 0.857. The van der Waals surface area contributed by atoms with Crippen molar-refractivity contribution in [1.29, 1.82) is 0 Å². The Morgan fingerprint density at radius 1 is 1.29 bits per heavy atom. The predicted octanol–water partition coefficient (Wildman–Crippen LogP) is 2.63. The fraction of sp³-hybridized carbons (Fsp3) is 0.294. The highest BCUT2D eigenvalue weighted by atomic mass is 16.3. The summed E-state index contributed by atoms with van der Waals surface area (Å²) in [7, 11) is 0. The van der Waals surface area contributed by atoms with Gasteiger partial charge in [-0.05, 0) is 37.0 Å². The first-order chi connectivity index (χ1) is 10.2. The van der Waals surface area contributed by atoms with Crippen LogP contribution in [0.5, 0.6) is 0 Å². The average molecular weight is 284 g/mol. The van der Waals surface area contributed by atoms with Crippen LogP contribution < -0.4 is 5.32 Å². The van der Waals surface area contributed by atoms with E-state index in [2.05, 4.69) is 10.3 Å². The number of carbonyl (C=O) groups is 1. The second kappa shape index (κ2) is 7.55. The third kappa shape index (κ3) is 4.39. The first kappa shape index (κ1) is 15.2. The van der Waals surface area contributed by atoms with Crippen LogP contribution in [0, 0.1) is 6.92 Å². The van der Waals surface area contributed by atoms with Crippen LogP contribution in [0.25, 0.3) is 0 Å².